The van der Waals surface area contributed by atoms with Gasteiger partial charge in [0.15, 0.2) is 9.84 Å². The molecule has 0 spiro atoms. The fourth-order valence-electron chi connectivity index (χ4n) is 1.02. The van der Waals surface area contributed by atoms with E-state index in [1.165, 1.54) is 0 Å². The molecule has 0 heterocycles. The van der Waals surface area contributed by atoms with Gasteiger partial charge in [-0.15, -0.1) is 0 Å². The summed E-state index contributed by atoms with van der Waals surface area (Å²) in [7, 11) is -2.98. The summed E-state index contributed by atoms with van der Waals surface area (Å²) >= 11 is 0. The Labute approximate surface area is 93.0 Å². The molecule has 5 heteroatoms. The lowest BCUT2D eigenvalue weighted by molar-refractivity contribution is 0.172. The summed E-state index contributed by atoms with van der Waals surface area (Å²) in [6, 6.07) is 0. The topological polar surface area (TPSA) is 66.4 Å². The summed E-state index contributed by atoms with van der Waals surface area (Å²) in [5.41, 5.74) is -0.369. The SMILES string of the molecule is CCC(C)(CO)NCCS(=O)(=O)C(C)C. The number of nitrogens with one attached hydrogen (secondary N) is 1. The molecule has 1 unspecified atom stereocenters. The maximum atomic E-state index is 11.5. The lowest BCUT2D eigenvalue weighted by atomic mass is 10.0. The normalized spacial score (nSPS) is 16.7. The summed E-state index contributed by atoms with van der Waals surface area (Å²) in [6.45, 7) is 7.62. The molecule has 0 rings (SSSR count). The van der Waals surface area contributed by atoms with Crippen molar-refractivity contribution in [2.45, 2.75) is 44.9 Å². The highest BCUT2D eigenvalue weighted by Gasteiger charge is 2.22. The van der Waals surface area contributed by atoms with Crippen LogP contribution in [0.4, 0.5) is 0 Å². The predicted molar refractivity (Wildman–Crippen MR) is 62.7 cm³/mol. The van der Waals surface area contributed by atoms with E-state index in [9.17, 15) is 8.42 Å². The van der Waals surface area contributed by atoms with Crippen LogP contribution in [0.5, 0.6) is 0 Å². The molecule has 0 saturated carbocycles. The molecule has 0 aliphatic carbocycles. The second kappa shape index (κ2) is 5.82. The van der Waals surface area contributed by atoms with E-state index < -0.39 is 9.84 Å². The van der Waals surface area contributed by atoms with Crippen molar-refractivity contribution in [2.24, 2.45) is 0 Å². The van der Waals surface area contributed by atoms with Crippen LogP contribution >= 0.6 is 0 Å². The van der Waals surface area contributed by atoms with Gasteiger partial charge in [-0.25, -0.2) is 8.42 Å². The average Bonchev–Trinajstić information content (AvgIpc) is 2.17. The Morgan fingerprint density at radius 2 is 1.93 bits per heavy atom. The highest BCUT2D eigenvalue weighted by molar-refractivity contribution is 7.92. The average molecular weight is 237 g/mol. The van der Waals surface area contributed by atoms with Crippen LogP contribution in [-0.4, -0.2) is 43.2 Å². The van der Waals surface area contributed by atoms with Crippen LogP contribution < -0.4 is 5.32 Å². The van der Waals surface area contributed by atoms with E-state index in [0.29, 0.717) is 6.54 Å². The second-order valence-corrected chi connectivity index (χ2v) is 7.09. The zero-order valence-electron chi connectivity index (χ0n) is 10.1. The molecule has 0 aromatic rings. The molecule has 0 radical (unpaired) electrons. The van der Waals surface area contributed by atoms with E-state index in [2.05, 4.69) is 5.32 Å². The van der Waals surface area contributed by atoms with E-state index in [-0.39, 0.29) is 23.1 Å². The Morgan fingerprint density at radius 1 is 1.40 bits per heavy atom. The van der Waals surface area contributed by atoms with Crippen LogP contribution in [0, 0.1) is 0 Å². The zero-order valence-corrected chi connectivity index (χ0v) is 10.9. The van der Waals surface area contributed by atoms with Crippen LogP contribution in [0.1, 0.15) is 34.1 Å². The lowest BCUT2D eigenvalue weighted by Gasteiger charge is -2.27. The van der Waals surface area contributed by atoms with Crippen molar-refractivity contribution in [1.82, 2.24) is 5.32 Å². The van der Waals surface area contributed by atoms with Crippen molar-refractivity contribution >= 4 is 9.84 Å². The molecular formula is C10H23NO3S. The predicted octanol–water partition coefficient (Wildman–Crippen LogP) is 0.560. The fourth-order valence-corrected chi connectivity index (χ4v) is 1.88. The van der Waals surface area contributed by atoms with E-state index in [4.69, 9.17) is 5.11 Å². The van der Waals surface area contributed by atoms with Crippen molar-refractivity contribution in [2.75, 3.05) is 18.9 Å². The van der Waals surface area contributed by atoms with E-state index in [1.54, 1.807) is 13.8 Å². The lowest BCUT2D eigenvalue weighted by Crippen LogP contribution is -2.47. The van der Waals surface area contributed by atoms with Crippen molar-refractivity contribution in [1.29, 1.82) is 0 Å². The maximum absolute atomic E-state index is 11.5. The Balaban J connectivity index is 4.10. The molecule has 92 valence electrons. The van der Waals surface area contributed by atoms with Crippen LogP contribution in [-0.2, 0) is 9.84 Å². The van der Waals surface area contributed by atoms with Crippen LogP contribution in [0.25, 0.3) is 0 Å². The molecule has 0 bridgehead atoms. The van der Waals surface area contributed by atoms with Gasteiger partial charge in [0, 0.05) is 12.1 Å². The smallest absolute Gasteiger partial charge is 0.153 e. The van der Waals surface area contributed by atoms with Crippen molar-refractivity contribution in [3.8, 4) is 0 Å². The molecule has 0 aromatic heterocycles. The standard InChI is InChI=1S/C10H23NO3S/c1-5-10(4,8-12)11-6-7-15(13,14)9(2)3/h9,11-12H,5-8H2,1-4H3. The van der Waals surface area contributed by atoms with E-state index in [0.717, 1.165) is 6.42 Å². The quantitative estimate of drug-likeness (QED) is 0.679. The van der Waals surface area contributed by atoms with Gasteiger partial charge >= 0.3 is 0 Å². The molecule has 4 nitrogen and oxygen atoms in total. The monoisotopic (exact) mass is 237 g/mol. The minimum atomic E-state index is -2.98. The van der Waals surface area contributed by atoms with Gasteiger partial charge < -0.3 is 10.4 Å². The van der Waals surface area contributed by atoms with Crippen LogP contribution in [0.15, 0.2) is 0 Å². The molecule has 0 aromatic carbocycles. The first-order valence-corrected chi connectivity index (χ1v) is 7.06. The highest BCUT2D eigenvalue weighted by atomic mass is 32.2. The minimum Gasteiger partial charge on any atom is -0.394 e. The molecule has 0 saturated heterocycles. The van der Waals surface area contributed by atoms with Crippen molar-refractivity contribution in [3.63, 3.8) is 0 Å². The third-order valence-electron chi connectivity index (χ3n) is 2.79. The number of aliphatic hydroxyl groups excluding tert-OH is 1. The molecule has 2 N–H and O–H groups in total. The Bertz CT molecular complexity index is 268. The van der Waals surface area contributed by atoms with Gasteiger partial charge in [0.1, 0.15) is 0 Å². The Hall–Kier alpha value is -0.130. The largest absolute Gasteiger partial charge is 0.394 e. The van der Waals surface area contributed by atoms with Gasteiger partial charge in [-0.2, -0.15) is 0 Å². The van der Waals surface area contributed by atoms with Gasteiger partial charge in [0.05, 0.1) is 17.6 Å². The van der Waals surface area contributed by atoms with Gasteiger partial charge in [-0.3, -0.25) is 0 Å². The zero-order chi connectivity index (χ0) is 12.1. The number of hydrogen-bond acceptors (Lipinski definition) is 4. The molecule has 0 fully saturated rings. The summed E-state index contributed by atoms with van der Waals surface area (Å²) in [4.78, 5) is 0. The second-order valence-electron chi connectivity index (χ2n) is 4.41. The molecule has 1 atom stereocenters. The molecule has 0 aliphatic rings. The van der Waals surface area contributed by atoms with Gasteiger partial charge in [-0.1, -0.05) is 6.92 Å². The van der Waals surface area contributed by atoms with E-state index in [1.807, 2.05) is 13.8 Å². The summed E-state index contributed by atoms with van der Waals surface area (Å²) in [5.74, 6) is 0.125. The Morgan fingerprint density at radius 3 is 2.27 bits per heavy atom. The van der Waals surface area contributed by atoms with Crippen molar-refractivity contribution in [3.05, 3.63) is 0 Å². The number of aliphatic hydroxyl groups is 1. The van der Waals surface area contributed by atoms with Crippen LogP contribution in [0.3, 0.4) is 0 Å². The van der Waals surface area contributed by atoms with Crippen LogP contribution in [0.2, 0.25) is 0 Å². The first kappa shape index (κ1) is 14.9. The van der Waals surface area contributed by atoms with Crippen molar-refractivity contribution < 1.29 is 13.5 Å². The number of hydrogen-bond donors (Lipinski definition) is 2. The third kappa shape index (κ3) is 4.95. The summed E-state index contributed by atoms with van der Waals surface area (Å²) < 4.78 is 23.0. The van der Waals surface area contributed by atoms with Gasteiger partial charge in [-0.05, 0) is 27.2 Å². The number of sulfone groups is 1. The Kier molecular flexibility index (Phi) is 5.77. The first-order chi connectivity index (χ1) is 6.77. The molecular weight excluding hydrogens is 214 g/mol. The molecule has 15 heavy (non-hydrogen) atoms. The third-order valence-corrected chi connectivity index (χ3v) is 5.00. The summed E-state index contributed by atoms with van der Waals surface area (Å²) in [6.07, 6.45) is 0.769. The molecule has 0 aliphatic heterocycles. The number of rotatable bonds is 7. The first-order valence-electron chi connectivity index (χ1n) is 5.35. The minimum absolute atomic E-state index is 0.0191. The van der Waals surface area contributed by atoms with E-state index >= 15 is 0 Å². The molecule has 0 amide bonds. The summed E-state index contributed by atoms with van der Waals surface area (Å²) in [5, 5.41) is 11.9. The fraction of sp³-hybridized carbons (Fsp3) is 1.00. The highest BCUT2D eigenvalue weighted by Crippen LogP contribution is 2.07. The van der Waals surface area contributed by atoms with Gasteiger partial charge in [0.2, 0.25) is 0 Å². The maximum Gasteiger partial charge on any atom is 0.153 e. The van der Waals surface area contributed by atoms with Gasteiger partial charge in [0.25, 0.3) is 0 Å².